The second kappa shape index (κ2) is 16.3. The topological polar surface area (TPSA) is 35.5 Å². The highest BCUT2D eigenvalue weighted by molar-refractivity contribution is 5.89. The normalized spacial score (nSPS) is 24.7. The van der Waals surface area contributed by atoms with Crippen molar-refractivity contribution in [2.45, 2.75) is 136 Å². The Morgan fingerprint density at radius 3 is 1.69 bits per heavy atom. The minimum Gasteiger partial charge on any atom is -0.494 e. The zero-order chi connectivity index (χ0) is 24.7. The molecule has 0 unspecified atom stereocenters. The molecule has 2 fully saturated rings. The number of carbonyl (C=O) groups is 1. The number of benzene rings is 1. The van der Waals surface area contributed by atoms with Gasteiger partial charge in [-0.25, -0.2) is 4.79 Å². The molecule has 0 aliphatic heterocycles. The first-order valence-corrected chi connectivity index (χ1v) is 15.1. The van der Waals surface area contributed by atoms with Crippen molar-refractivity contribution in [3.8, 4) is 5.75 Å². The molecular formula is C32H52O3. The number of ether oxygens (including phenoxy) is 2. The van der Waals surface area contributed by atoms with Gasteiger partial charge in [0.05, 0.1) is 12.2 Å². The average molecular weight is 485 g/mol. The second-order valence-corrected chi connectivity index (χ2v) is 11.4. The van der Waals surface area contributed by atoms with Gasteiger partial charge in [-0.1, -0.05) is 90.9 Å². The summed E-state index contributed by atoms with van der Waals surface area (Å²) in [6, 6.07) is 7.55. The van der Waals surface area contributed by atoms with Crippen LogP contribution in [0.3, 0.4) is 0 Å². The minimum absolute atomic E-state index is 0.0901. The predicted molar refractivity (Wildman–Crippen MR) is 146 cm³/mol. The molecule has 0 amide bonds. The van der Waals surface area contributed by atoms with Crippen LogP contribution in [-0.2, 0) is 4.74 Å². The van der Waals surface area contributed by atoms with Crippen LogP contribution in [0.2, 0.25) is 0 Å². The first-order chi connectivity index (χ1) is 17.2. The van der Waals surface area contributed by atoms with Crippen LogP contribution in [-0.4, -0.2) is 18.7 Å². The summed E-state index contributed by atoms with van der Waals surface area (Å²) in [5.74, 6) is 3.39. The van der Waals surface area contributed by atoms with Crippen LogP contribution in [0.1, 0.15) is 140 Å². The fourth-order valence-electron chi connectivity index (χ4n) is 6.18. The van der Waals surface area contributed by atoms with E-state index in [1.165, 1.54) is 96.3 Å². The average Bonchev–Trinajstić information content (AvgIpc) is 2.89. The molecule has 0 saturated heterocycles. The summed E-state index contributed by atoms with van der Waals surface area (Å²) < 4.78 is 11.8. The van der Waals surface area contributed by atoms with Crippen molar-refractivity contribution < 1.29 is 14.3 Å². The van der Waals surface area contributed by atoms with E-state index in [-0.39, 0.29) is 12.1 Å². The lowest BCUT2D eigenvalue weighted by Crippen LogP contribution is -2.24. The molecule has 3 rings (SSSR count). The molecule has 3 nitrogen and oxygen atoms in total. The smallest absolute Gasteiger partial charge is 0.338 e. The lowest BCUT2D eigenvalue weighted by Gasteiger charge is -2.28. The van der Waals surface area contributed by atoms with Crippen molar-refractivity contribution >= 4 is 5.97 Å². The number of carbonyl (C=O) groups excluding carboxylic acids is 1. The van der Waals surface area contributed by atoms with E-state index >= 15 is 0 Å². The van der Waals surface area contributed by atoms with E-state index in [0.29, 0.717) is 5.56 Å². The zero-order valence-corrected chi connectivity index (χ0v) is 22.8. The molecule has 2 aliphatic carbocycles. The van der Waals surface area contributed by atoms with Crippen LogP contribution >= 0.6 is 0 Å². The molecule has 0 bridgehead atoms. The molecule has 0 radical (unpaired) electrons. The third-order valence-electron chi connectivity index (χ3n) is 8.58. The molecule has 198 valence electrons. The predicted octanol–water partition coefficient (Wildman–Crippen LogP) is 9.53. The van der Waals surface area contributed by atoms with Gasteiger partial charge in [0.2, 0.25) is 0 Å². The molecule has 0 atom stereocenters. The molecule has 2 aliphatic rings. The number of rotatable bonds is 15. The number of hydrogen-bond acceptors (Lipinski definition) is 3. The first kappa shape index (κ1) is 28.1. The number of hydrogen-bond donors (Lipinski definition) is 0. The summed E-state index contributed by atoms with van der Waals surface area (Å²) in [4.78, 5) is 12.6. The Balaban J connectivity index is 1.26. The zero-order valence-electron chi connectivity index (χ0n) is 22.8. The lowest BCUT2D eigenvalue weighted by atomic mass is 9.78. The van der Waals surface area contributed by atoms with Crippen LogP contribution in [0.5, 0.6) is 5.75 Å². The van der Waals surface area contributed by atoms with Gasteiger partial charge in [-0.3, -0.25) is 0 Å². The van der Waals surface area contributed by atoms with Crippen molar-refractivity contribution in [3.05, 3.63) is 29.8 Å². The van der Waals surface area contributed by atoms with Crippen LogP contribution in [0.4, 0.5) is 0 Å². The molecule has 3 heteroatoms. The van der Waals surface area contributed by atoms with E-state index in [0.717, 1.165) is 49.4 Å². The van der Waals surface area contributed by atoms with Gasteiger partial charge in [0.25, 0.3) is 0 Å². The van der Waals surface area contributed by atoms with E-state index in [1.54, 1.807) is 0 Å². The molecule has 0 N–H and O–H groups in total. The fourth-order valence-corrected chi connectivity index (χ4v) is 6.18. The minimum atomic E-state index is -0.184. The standard InChI is InChI=1S/C32H52O3/c1-3-5-7-10-26-13-15-28(16-14-26)12-9-25-34-30-23-19-29(20-24-30)32(33)35-31-21-17-27(18-22-31)11-8-6-4-2/h19-20,23-24,26-28,31H,3-18,21-22,25H2,1-2H3/t26-,27-,28-,31-. The molecule has 1 aromatic carbocycles. The van der Waals surface area contributed by atoms with Gasteiger partial charge in [-0.05, 0) is 80.5 Å². The molecule has 2 saturated carbocycles. The monoisotopic (exact) mass is 484 g/mol. The van der Waals surface area contributed by atoms with Crippen molar-refractivity contribution in [3.63, 3.8) is 0 Å². The third-order valence-corrected chi connectivity index (χ3v) is 8.58. The van der Waals surface area contributed by atoms with Crippen LogP contribution < -0.4 is 4.74 Å². The van der Waals surface area contributed by atoms with Gasteiger partial charge >= 0.3 is 5.97 Å². The molecule has 1 aromatic rings. The molecule has 0 heterocycles. The maximum atomic E-state index is 12.6. The summed E-state index contributed by atoms with van der Waals surface area (Å²) >= 11 is 0. The Labute approximate surface area is 215 Å². The highest BCUT2D eigenvalue weighted by atomic mass is 16.5. The van der Waals surface area contributed by atoms with Crippen molar-refractivity contribution in [1.29, 1.82) is 0 Å². The molecular weight excluding hydrogens is 432 g/mol. The Morgan fingerprint density at radius 1 is 0.686 bits per heavy atom. The highest BCUT2D eigenvalue weighted by Gasteiger charge is 2.24. The molecule has 35 heavy (non-hydrogen) atoms. The van der Waals surface area contributed by atoms with Gasteiger partial charge in [-0.15, -0.1) is 0 Å². The van der Waals surface area contributed by atoms with Crippen molar-refractivity contribution in [1.82, 2.24) is 0 Å². The first-order valence-electron chi connectivity index (χ1n) is 15.1. The Bertz CT molecular complexity index is 681. The van der Waals surface area contributed by atoms with Crippen LogP contribution in [0, 0.1) is 17.8 Å². The van der Waals surface area contributed by atoms with Crippen LogP contribution in [0.25, 0.3) is 0 Å². The van der Waals surface area contributed by atoms with Gasteiger partial charge in [0.1, 0.15) is 11.9 Å². The summed E-state index contributed by atoms with van der Waals surface area (Å²) in [6.45, 7) is 5.32. The van der Waals surface area contributed by atoms with Gasteiger partial charge < -0.3 is 9.47 Å². The summed E-state index contributed by atoms with van der Waals surface area (Å²) in [5.41, 5.74) is 0.637. The van der Waals surface area contributed by atoms with Crippen molar-refractivity contribution in [2.75, 3.05) is 6.61 Å². The SMILES string of the molecule is CCCCC[C@H]1CC[C@H](CCCOc2ccc(C(=O)O[C@H]3CC[C@H](CCCCC)CC3)cc2)CC1. The van der Waals surface area contributed by atoms with E-state index < -0.39 is 0 Å². The Morgan fingerprint density at radius 2 is 1.17 bits per heavy atom. The number of esters is 1. The molecule has 0 aromatic heterocycles. The second-order valence-electron chi connectivity index (χ2n) is 11.4. The largest absolute Gasteiger partial charge is 0.494 e. The van der Waals surface area contributed by atoms with Crippen molar-refractivity contribution in [2.24, 2.45) is 17.8 Å². The highest BCUT2D eigenvalue weighted by Crippen LogP contribution is 2.34. The summed E-state index contributed by atoms with van der Waals surface area (Å²) in [7, 11) is 0. The number of unbranched alkanes of at least 4 members (excludes halogenated alkanes) is 4. The van der Waals surface area contributed by atoms with Crippen LogP contribution in [0.15, 0.2) is 24.3 Å². The maximum absolute atomic E-state index is 12.6. The summed E-state index contributed by atoms with van der Waals surface area (Å²) in [6.07, 6.45) is 23.6. The van der Waals surface area contributed by atoms with E-state index in [2.05, 4.69) is 13.8 Å². The van der Waals surface area contributed by atoms with E-state index in [1.807, 2.05) is 24.3 Å². The Kier molecular flexibility index (Phi) is 13.1. The Hall–Kier alpha value is -1.51. The van der Waals surface area contributed by atoms with Gasteiger partial charge in [0.15, 0.2) is 0 Å². The lowest BCUT2D eigenvalue weighted by molar-refractivity contribution is 0.0161. The maximum Gasteiger partial charge on any atom is 0.338 e. The third kappa shape index (κ3) is 10.6. The quantitative estimate of drug-likeness (QED) is 0.184. The van der Waals surface area contributed by atoms with Gasteiger partial charge in [-0.2, -0.15) is 0 Å². The molecule has 0 spiro atoms. The summed E-state index contributed by atoms with van der Waals surface area (Å²) in [5, 5.41) is 0. The van der Waals surface area contributed by atoms with Gasteiger partial charge in [0, 0.05) is 0 Å². The fraction of sp³-hybridized carbons (Fsp3) is 0.781. The van der Waals surface area contributed by atoms with E-state index in [4.69, 9.17) is 9.47 Å². The van der Waals surface area contributed by atoms with E-state index in [9.17, 15) is 4.79 Å².